The molecule has 0 spiro atoms. The number of hydrogen-bond acceptors (Lipinski definition) is 5. The van der Waals surface area contributed by atoms with Crippen LogP contribution < -0.4 is 5.73 Å². The molecule has 1 rings (SSSR count). The fourth-order valence-corrected chi connectivity index (χ4v) is 0.825. The molecule has 0 aliphatic carbocycles. The molecule has 0 radical (unpaired) electrons. The molecule has 5 N–H and O–H groups in total. The summed E-state index contributed by atoms with van der Waals surface area (Å²) in [6, 6.07) is -0.816. The third-order valence-corrected chi connectivity index (χ3v) is 1.57. The van der Waals surface area contributed by atoms with E-state index < -0.39 is 24.5 Å². The van der Waals surface area contributed by atoms with Crippen LogP contribution in [-0.4, -0.2) is 46.5 Å². The van der Waals surface area contributed by atoms with Gasteiger partial charge in [-0.15, -0.1) is 0 Å². The number of aliphatic hydroxyl groups is 3. The van der Waals surface area contributed by atoms with Crippen molar-refractivity contribution >= 4 is 0 Å². The normalized spacial score (nSPS) is 49.2. The van der Waals surface area contributed by atoms with Gasteiger partial charge in [-0.05, 0) is 0 Å². The Balaban J connectivity index is 2.52. The van der Waals surface area contributed by atoms with Gasteiger partial charge < -0.3 is 25.8 Å². The molecular formula is C5H11NO4. The minimum Gasteiger partial charge on any atom is -0.389 e. The van der Waals surface area contributed by atoms with E-state index in [9.17, 15) is 0 Å². The van der Waals surface area contributed by atoms with E-state index in [0.717, 1.165) is 0 Å². The quantitative estimate of drug-likeness (QED) is 0.302. The molecule has 1 aliphatic rings. The Bertz CT molecular complexity index is 106. The first-order valence-electron chi connectivity index (χ1n) is 3.04. The second kappa shape index (κ2) is 2.81. The van der Waals surface area contributed by atoms with E-state index in [4.69, 9.17) is 21.1 Å². The van der Waals surface area contributed by atoms with Crippen molar-refractivity contribution in [1.29, 1.82) is 0 Å². The van der Waals surface area contributed by atoms with E-state index >= 15 is 0 Å². The molecule has 0 saturated carbocycles. The molecule has 0 aromatic heterocycles. The monoisotopic (exact) mass is 149 g/mol. The van der Waals surface area contributed by atoms with Crippen molar-refractivity contribution in [3.63, 3.8) is 0 Å². The average Bonchev–Trinajstić information content (AvgIpc) is 1.93. The third kappa shape index (κ3) is 1.28. The Hall–Kier alpha value is -0.200. The number of ether oxygens (including phenoxy) is 1. The summed E-state index contributed by atoms with van der Waals surface area (Å²) in [5, 5.41) is 26.7. The van der Waals surface area contributed by atoms with E-state index in [-0.39, 0.29) is 6.61 Å². The fourth-order valence-electron chi connectivity index (χ4n) is 0.825. The second-order valence-electron chi connectivity index (χ2n) is 2.36. The van der Waals surface area contributed by atoms with Crippen LogP contribution in [0.25, 0.3) is 0 Å². The van der Waals surface area contributed by atoms with Crippen LogP contribution in [-0.2, 0) is 4.74 Å². The Kier molecular flexibility index (Phi) is 2.22. The highest BCUT2D eigenvalue weighted by Crippen LogP contribution is 2.10. The van der Waals surface area contributed by atoms with E-state index in [0.29, 0.717) is 0 Å². The van der Waals surface area contributed by atoms with E-state index in [1.165, 1.54) is 0 Å². The zero-order chi connectivity index (χ0) is 7.72. The van der Waals surface area contributed by atoms with Crippen molar-refractivity contribution in [1.82, 2.24) is 0 Å². The first kappa shape index (κ1) is 7.90. The van der Waals surface area contributed by atoms with Gasteiger partial charge in [-0.25, -0.2) is 0 Å². The molecule has 0 amide bonds. The van der Waals surface area contributed by atoms with Crippen LogP contribution in [0.2, 0.25) is 0 Å². The van der Waals surface area contributed by atoms with Crippen molar-refractivity contribution < 1.29 is 20.1 Å². The average molecular weight is 149 g/mol. The van der Waals surface area contributed by atoms with Crippen molar-refractivity contribution in [2.45, 2.75) is 24.5 Å². The van der Waals surface area contributed by atoms with Crippen LogP contribution in [0.4, 0.5) is 0 Å². The number of aliphatic hydroxyl groups excluding tert-OH is 3. The van der Waals surface area contributed by atoms with Gasteiger partial charge in [-0.3, -0.25) is 0 Å². The smallest absolute Gasteiger partial charge is 0.182 e. The minimum absolute atomic E-state index is 0.0284. The topological polar surface area (TPSA) is 95.9 Å². The minimum atomic E-state index is -1.27. The molecule has 5 nitrogen and oxygen atoms in total. The lowest BCUT2D eigenvalue weighted by molar-refractivity contribution is -0.219. The molecule has 0 unspecified atom stereocenters. The molecular weight excluding hydrogens is 138 g/mol. The van der Waals surface area contributed by atoms with Crippen LogP contribution in [0.15, 0.2) is 0 Å². The van der Waals surface area contributed by atoms with Gasteiger partial charge in [-0.2, -0.15) is 0 Å². The Morgan fingerprint density at radius 3 is 2.40 bits per heavy atom. The lowest BCUT2D eigenvalue weighted by Gasteiger charge is -2.32. The van der Waals surface area contributed by atoms with Gasteiger partial charge in [-0.1, -0.05) is 0 Å². The summed E-state index contributed by atoms with van der Waals surface area (Å²) in [4.78, 5) is 0. The van der Waals surface area contributed by atoms with Gasteiger partial charge in [0.1, 0.15) is 6.10 Å². The zero-order valence-corrected chi connectivity index (χ0v) is 5.34. The fraction of sp³-hybridized carbons (Fsp3) is 1.00. The molecule has 4 atom stereocenters. The van der Waals surface area contributed by atoms with Gasteiger partial charge in [0.05, 0.1) is 18.8 Å². The summed E-state index contributed by atoms with van der Waals surface area (Å²) in [5.74, 6) is 0. The van der Waals surface area contributed by atoms with Gasteiger partial charge in [0.25, 0.3) is 0 Å². The standard InChI is InChI=1S/C5H11NO4/c6-3-2(7)1-10-5(9)4(3)8/h2-5,7-9H,1,6H2/t2-,3-,4+,5+/m1/s1. The van der Waals surface area contributed by atoms with Crippen LogP contribution in [0, 0.1) is 0 Å². The molecule has 1 heterocycles. The van der Waals surface area contributed by atoms with E-state index in [2.05, 4.69) is 4.74 Å². The SMILES string of the molecule is N[C@H]1[C@H](O)[C@@H](O)OC[C@H]1O. The maximum absolute atomic E-state index is 8.96. The molecule has 1 fully saturated rings. The Morgan fingerprint density at radius 1 is 1.30 bits per heavy atom. The lowest BCUT2D eigenvalue weighted by Crippen LogP contribution is -2.57. The molecule has 60 valence electrons. The predicted molar refractivity (Wildman–Crippen MR) is 31.9 cm³/mol. The highest BCUT2D eigenvalue weighted by Gasteiger charge is 2.34. The summed E-state index contributed by atoms with van der Waals surface area (Å²) < 4.78 is 4.55. The molecule has 0 bridgehead atoms. The summed E-state index contributed by atoms with van der Waals surface area (Å²) in [5.41, 5.74) is 5.27. The van der Waals surface area contributed by atoms with Gasteiger partial charge in [0.15, 0.2) is 6.29 Å². The first-order chi connectivity index (χ1) is 4.63. The van der Waals surface area contributed by atoms with Crippen molar-refractivity contribution in [3.05, 3.63) is 0 Å². The molecule has 5 heteroatoms. The lowest BCUT2D eigenvalue weighted by atomic mass is 10.0. The van der Waals surface area contributed by atoms with Gasteiger partial charge in [0, 0.05) is 0 Å². The maximum atomic E-state index is 8.96. The zero-order valence-electron chi connectivity index (χ0n) is 5.34. The highest BCUT2D eigenvalue weighted by atomic mass is 16.6. The van der Waals surface area contributed by atoms with E-state index in [1.54, 1.807) is 0 Å². The van der Waals surface area contributed by atoms with Gasteiger partial charge in [0.2, 0.25) is 0 Å². The van der Waals surface area contributed by atoms with Crippen LogP contribution in [0.1, 0.15) is 0 Å². The highest BCUT2D eigenvalue weighted by molar-refractivity contribution is 4.84. The third-order valence-electron chi connectivity index (χ3n) is 1.57. The van der Waals surface area contributed by atoms with Crippen LogP contribution in [0.3, 0.4) is 0 Å². The number of rotatable bonds is 0. The Morgan fingerprint density at radius 2 is 1.90 bits per heavy atom. The summed E-state index contributed by atoms with van der Waals surface area (Å²) in [6.07, 6.45) is -3.35. The first-order valence-corrected chi connectivity index (χ1v) is 3.04. The predicted octanol–water partition coefficient (Wildman–Crippen LogP) is -2.62. The van der Waals surface area contributed by atoms with Crippen LogP contribution in [0.5, 0.6) is 0 Å². The summed E-state index contributed by atoms with van der Waals surface area (Å²) >= 11 is 0. The molecule has 0 aromatic rings. The number of nitrogens with two attached hydrogens (primary N) is 1. The van der Waals surface area contributed by atoms with E-state index in [1.807, 2.05) is 0 Å². The summed E-state index contributed by atoms with van der Waals surface area (Å²) in [7, 11) is 0. The molecule has 0 aromatic carbocycles. The van der Waals surface area contributed by atoms with Crippen molar-refractivity contribution in [3.8, 4) is 0 Å². The van der Waals surface area contributed by atoms with Gasteiger partial charge >= 0.3 is 0 Å². The summed E-state index contributed by atoms with van der Waals surface area (Å²) in [6.45, 7) is -0.0284. The molecule has 1 saturated heterocycles. The second-order valence-corrected chi connectivity index (χ2v) is 2.36. The largest absolute Gasteiger partial charge is 0.389 e. The van der Waals surface area contributed by atoms with Crippen LogP contribution >= 0.6 is 0 Å². The Labute approximate surface area is 58.0 Å². The van der Waals surface area contributed by atoms with Crippen molar-refractivity contribution in [2.24, 2.45) is 5.73 Å². The molecule has 10 heavy (non-hydrogen) atoms. The number of hydrogen-bond donors (Lipinski definition) is 4. The maximum Gasteiger partial charge on any atom is 0.182 e. The van der Waals surface area contributed by atoms with Crippen molar-refractivity contribution in [2.75, 3.05) is 6.61 Å². The molecule has 1 aliphatic heterocycles.